The molecule has 6 nitrogen and oxygen atoms in total. The van der Waals surface area contributed by atoms with E-state index in [2.05, 4.69) is 22.0 Å². The Kier molecular flexibility index (Phi) is 4.65. The largest absolute Gasteiger partial charge is 0.486 e. The number of pyridine rings is 1. The van der Waals surface area contributed by atoms with Gasteiger partial charge in [-0.25, -0.2) is 9.78 Å². The van der Waals surface area contributed by atoms with Crippen molar-refractivity contribution >= 4 is 11.8 Å². The summed E-state index contributed by atoms with van der Waals surface area (Å²) >= 11 is 0. The molecule has 0 N–H and O–H groups in total. The third-order valence-corrected chi connectivity index (χ3v) is 4.76. The molecule has 26 heavy (non-hydrogen) atoms. The third kappa shape index (κ3) is 3.19. The van der Waals surface area contributed by atoms with E-state index >= 15 is 0 Å². The third-order valence-electron chi connectivity index (χ3n) is 4.76. The van der Waals surface area contributed by atoms with Gasteiger partial charge in [-0.3, -0.25) is 0 Å². The number of fused-ring (bicyclic) bond motifs is 1. The van der Waals surface area contributed by atoms with Crippen LogP contribution in [0.4, 0.5) is 5.82 Å². The normalized spacial score (nSPS) is 18.7. The van der Waals surface area contributed by atoms with Crippen LogP contribution in [0.15, 0.2) is 36.5 Å². The first-order valence-corrected chi connectivity index (χ1v) is 9.05. The predicted molar refractivity (Wildman–Crippen MR) is 96.9 cm³/mol. The van der Waals surface area contributed by atoms with Crippen molar-refractivity contribution in [3.63, 3.8) is 0 Å². The van der Waals surface area contributed by atoms with E-state index in [-0.39, 0.29) is 12.0 Å². The summed E-state index contributed by atoms with van der Waals surface area (Å²) in [5.41, 5.74) is 1.67. The van der Waals surface area contributed by atoms with E-state index in [1.807, 2.05) is 12.1 Å². The number of ether oxygens (including phenoxy) is 3. The molecule has 2 aliphatic heterocycles. The Balaban J connectivity index is 1.56. The minimum Gasteiger partial charge on any atom is -0.486 e. The molecule has 0 unspecified atom stereocenters. The molecule has 0 saturated carbocycles. The second kappa shape index (κ2) is 7.23. The first-order valence-electron chi connectivity index (χ1n) is 9.05. The molecular formula is C20H22N2O4. The van der Waals surface area contributed by atoms with E-state index < -0.39 is 0 Å². The summed E-state index contributed by atoms with van der Waals surface area (Å²) in [5, 5.41) is 0. The van der Waals surface area contributed by atoms with Gasteiger partial charge in [0, 0.05) is 12.7 Å². The molecule has 3 heterocycles. The van der Waals surface area contributed by atoms with Gasteiger partial charge < -0.3 is 19.1 Å². The Morgan fingerprint density at radius 1 is 1.23 bits per heavy atom. The van der Waals surface area contributed by atoms with Gasteiger partial charge in [-0.15, -0.1) is 0 Å². The maximum atomic E-state index is 11.8. The van der Waals surface area contributed by atoms with Crippen LogP contribution in [0, 0.1) is 0 Å². The molecule has 1 aromatic heterocycles. The highest BCUT2D eigenvalue weighted by Crippen LogP contribution is 2.39. The van der Waals surface area contributed by atoms with E-state index in [9.17, 15) is 4.79 Å². The maximum Gasteiger partial charge on any atom is 0.339 e. The standard InChI is InChI=1S/C20H22N2O4/c1-2-24-20(23)15-6-8-19(21-13-15)22-9-3-4-16(22)14-5-7-17-18(12-14)26-11-10-25-17/h5-8,12-13,16H,2-4,9-11H2,1H3/t16-/m0/s1. The van der Waals surface area contributed by atoms with Gasteiger partial charge in [-0.1, -0.05) is 6.07 Å². The minimum absolute atomic E-state index is 0.242. The van der Waals surface area contributed by atoms with Crippen LogP contribution in [0.1, 0.15) is 41.7 Å². The lowest BCUT2D eigenvalue weighted by atomic mass is 10.0. The highest BCUT2D eigenvalue weighted by Gasteiger charge is 2.28. The first kappa shape index (κ1) is 16.7. The number of rotatable bonds is 4. The summed E-state index contributed by atoms with van der Waals surface area (Å²) in [6.45, 7) is 4.27. The highest BCUT2D eigenvalue weighted by atomic mass is 16.6. The zero-order chi connectivity index (χ0) is 17.9. The zero-order valence-corrected chi connectivity index (χ0v) is 14.8. The average molecular weight is 354 g/mol. The summed E-state index contributed by atoms with van der Waals surface area (Å²) in [4.78, 5) is 18.6. The Morgan fingerprint density at radius 2 is 2.08 bits per heavy atom. The van der Waals surface area contributed by atoms with Crippen LogP contribution in [-0.2, 0) is 4.74 Å². The van der Waals surface area contributed by atoms with E-state index in [0.717, 1.165) is 36.7 Å². The molecule has 1 fully saturated rings. The molecule has 2 aromatic rings. The van der Waals surface area contributed by atoms with E-state index in [1.54, 1.807) is 19.2 Å². The van der Waals surface area contributed by atoms with Gasteiger partial charge in [0.15, 0.2) is 11.5 Å². The lowest BCUT2D eigenvalue weighted by Gasteiger charge is -2.27. The summed E-state index contributed by atoms with van der Waals surface area (Å²) in [6.07, 6.45) is 3.74. The Hall–Kier alpha value is -2.76. The number of hydrogen-bond donors (Lipinski definition) is 0. The molecule has 4 rings (SSSR count). The molecule has 1 aromatic carbocycles. The number of carbonyl (C=O) groups is 1. The molecule has 0 bridgehead atoms. The minimum atomic E-state index is -0.337. The highest BCUT2D eigenvalue weighted by molar-refractivity contribution is 5.89. The van der Waals surface area contributed by atoms with Crippen molar-refractivity contribution in [3.05, 3.63) is 47.7 Å². The van der Waals surface area contributed by atoms with Gasteiger partial charge in [0.05, 0.1) is 18.2 Å². The van der Waals surface area contributed by atoms with Gasteiger partial charge in [0.2, 0.25) is 0 Å². The van der Waals surface area contributed by atoms with Gasteiger partial charge in [0.1, 0.15) is 19.0 Å². The van der Waals surface area contributed by atoms with Gasteiger partial charge in [-0.05, 0) is 49.6 Å². The molecule has 1 saturated heterocycles. The summed E-state index contributed by atoms with van der Waals surface area (Å²) in [7, 11) is 0. The number of nitrogens with zero attached hydrogens (tertiary/aromatic N) is 2. The summed E-state index contributed by atoms with van der Waals surface area (Å²) in [5.74, 6) is 2.15. The van der Waals surface area contributed by atoms with Crippen LogP contribution in [-0.4, -0.2) is 37.3 Å². The van der Waals surface area contributed by atoms with Crippen LogP contribution in [0.5, 0.6) is 11.5 Å². The molecule has 6 heteroatoms. The predicted octanol–water partition coefficient (Wildman–Crippen LogP) is 3.37. The van der Waals surface area contributed by atoms with Crippen molar-refractivity contribution in [1.82, 2.24) is 4.98 Å². The molecule has 136 valence electrons. The van der Waals surface area contributed by atoms with Crippen molar-refractivity contribution in [1.29, 1.82) is 0 Å². The maximum absolute atomic E-state index is 11.8. The molecule has 0 radical (unpaired) electrons. The number of carbonyl (C=O) groups excluding carboxylic acids is 1. The summed E-state index contributed by atoms with van der Waals surface area (Å²) < 4.78 is 16.4. The lowest BCUT2D eigenvalue weighted by molar-refractivity contribution is 0.0526. The van der Waals surface area contributed by atoms with Gasteiger partial charge in [0.25, 0.3) is 0 Å². The SMILES string of the molecule is CCOC(=O)c1ccc(N2CCC[C@H]2c2ccc3c(c2)OCCO3)nc1. The van der Waals surface area contributed by atoms with Crippen molar-refractivity contribution in [2.24, 2.45) is 0 Å². The Morgan fingerprint density at radius 3 is 2.85 bits per heavy atom. The number of hydrogen-bond acceptors (Lipinski definition) is 6. The molecule has 0 amide bonds. The lowest BCUT2D eigenvalue weighted by Crippen LogP contribution is -2.24. The second-order valence-electron chi connectivity index (χ2n) is 6.38. The van der Waals surface area contributed by atoms with Crippen LogP contribution in [0.3, 0.4) is 0 Å². The van der Waals surface area contributed by atoms with Crippen molar-refractivity contribution in [2.45, 2.75) is 25.8 Å². The number of benzene rings is 1. The van der Waals surface area contributed by atoms with E-state index in [4.69, 9.17) is 14.2 Å². The topological polar surface area (TPSA) is 60.9 Å². The fourth-order valence-corrected chi connectivity index (χ4v) is 3.55. The average Bonchev–Trinajstić information content (AvgIpc) is 3.18. The van der Waals surface area contributed by atoms with E-state index in [1.165, 1.54) is 5.56 Å². The number of aromatic nitrogens is 1. The quantitative estimate of drug-likeness (QED) is 0.785. The van der Waals surface area contributed by atoms with Gasteiger partial charge >= 0.3 is 5.97 Å². The number of anilines is 1. The first-order chi connectivity index (χ1) is 12.8. The summed E-state index contributed by atoms with van der Waals surface area (Å²) in [6, 6.07) is 10.1. The van der Waals surface area contributed by atoms with Crippen LogP contribution in [0.2, 0.25) is 0 Å². The molecule has 2 aliphatic rings. The fourth-order valence-electron chi connectivity index (χ4n) is 3.55. The number of esters is 1. The Labute approximate surface area is 152 Å². The van der Waals surface area contributed by atoms with Crippen molar-refractivity contribution < 1.29 is 19.0 Å². The smallest absolute Gasteiger partial charge is 0.339 e. The van der Waals surface area contributed by atoms with Crippen molar-refractivity contribution in [2.75, 3.05) is 31.3 Å². The van der Waals surface area contributed by atoms with Crippen molar-refractivity contribution in [3.8, 4) is 11.5 Å². The van der Waals surface area contributed by atoms with Crippen LogP contribution >= 0.6 is 0 Å². The molecule has 0 spiro atoms. The zero-order valence-electron chi connectivity index (χ0n) is 14.8. The van der Waals surface area contributed by atoms with Gasteiger partial charge in [-0.2, -0.15) is 0 Å². The van der Waals surface area contributed by atoms with E-state index in [0.29, 0.717) is 25.4 Å². The Bertz CT molecular complexity index is 791. The molecule has 1 atom stereocenters. The molecular weight excluding hydrogens is 332 g/mol. The monoisotopic (exact) mass is 354 g/mol. The second-order valence-corrected chi connectivity index (χ2v) is 6.38. The van der Waals surface area contributed by atoms with Crippen LogP contribution < -0.4 is 14.4 Å². The molecule has 0 aliphatic carbocycles. The fraction of sp³-hybridized carbons (Fsp3) is 0.400. The van der Waals surface area contributed by atoms with Crippen LogP contribution in [0.25, 0.3) is 0 Å².